The number of anilines is 2. The fourth-order valence-corrected chi connectivity index (χ4v) is 4.12. The summed E-state index contributed by atoms with van der Waals surface area (Å²) in [6.45, 7) is 4.16. The Balaban J connectivity index is 1.62. The van der Waals surface area contributed by atoms with Crippen LogP contribution in [0.15, 0.2) is 47.3 Å². The molecule has 2 aliphatic heterocycles. The zero-order valence-corrected chi connectivity index (χ0v) is 15.4. The quantitative estimate of drug-likeness (QED) is 0.846. The van der Waals surface area contributed by atoms with Crippen molar-refractivity contribution in [2.45, 2.75) is 25.3 Å². The predicted octanol–water partition coefficient (Wildman–Crippen LogP) is 2.43. The summed E-state index contributed by atoms with van der Waals surface area (Å²) in [4.78, 5) is 17.3. The lowest BCUT2D eigenvalue weighted by Crippen LogP contribution is -2.39. The molecule has 0 amide bonds. The molecule has 1 aromatic carbocycles. The summed E-state index contributed by atoms with van der Waals surface area (Å²) >= 11 is 0. The predicted molar refractivity (Wildman–Crippen MR) is 105 cm³/mol. The molecule has 4 rings (SSSR count). The molecule has 3 heterocycles. The van der Waals surface area contributed by atoms with Crippen LogP contribution in [0.5, 0.6) is 0 Å². The summed E-state index contributed by atoms with van der Waals surface area (Å²) in [6.07, 6.45) is 3.37. The van der Waals surface area contributed by atoms with E-state index in [1.807, 2.05) is 7.05 Å². The number of pyridine rings is 1. The average molecular weight is 353 g/mol. The van der Waals surface area contributed by atoms with Crippen LogP contribution in [-0.4, -0.2) is 43.5 Å². The molecule has 1 aromatic heterocycles. The molecular formula is C21H27N3O2. The summed E-state index contributed by atoms with van der Waals surface area (Å²) < 4.78 is 7.25. The number of morpholine rings is 1. The van der Waals surface area contributed by atoms with E-state index >= 15 is 0 Å². The SMILES string of the molecule is Cn1c(N2CCC[C@H]2Cc2ccccc2)cc(N2CCOCC2)cc1=O. The highest BCUT2D eigenvalue weighted by atomic mass is 16.5. The van der Waals surface area contributed by atoms with Gasteiger partial charge in [0.2, 0.25) is 0 Å². The van der Waals surface area contributed by atoms with Crippen molar-refractivity contribution in [2.75, 3.05) is 42.6 Å². The topological polar surface area (TPSA) is 37.7 Å². The first kappa shape index (κ1) is 17.2. The lowest BCUT2D eigenvalue weighted by atomic mass is 10.0. The molecule has 0 saturated carbocycles. The second-order valence-electron chi connectivity index (χ2n) is 7.25. The molecule has 26 heavy (non-hydrogen) atoms. The van der Waals surface area contributed by atoms with E-state index in [1.54, 1.807) is 10.6 Å². The maximum atomic E-state index is 12.6. The van der Waals surface area contributed by atoms with Crippen molar-refractivity contribution in [3.8, 4) is 0 Å². The van der Waals surface area contributed by atoms with Gasteiger partial charge >= 0.3 is 0 Å². The third-order valence-corrected chi connectivity index (χ3v) is 5.58. The highest BCUT2D eigenvalue weighted by molar-refractivity contribution is 5.57. The standard InChI is InChI=1S/C21H27N3O2/c1-22-20(15-19(16-21(22)25)23-10-12-26-13-11-23)24-9-5-8-18(24)14-17-6-3-2-4-7-17/h2-4,6-7,15-16,18H,5,8-14H2,1H3/t18-/m0/s1. The van der Waals surface area contributed by atoms with E-state index in [2.05, 4.69) is 46.2 Å². The Labute approximate surface area is 154 Å². The molecule has 2 saturated heterocycles. The molecule has 0 aliphatic carbocycles. The van der Waals surface area contributed by atoms with Crippen LogP contribution in [0.4, 0.5) is 11.5 Å². The maximum absolute atomic E-state index is 12.6. The molecule has 2 aliphatic rings. The van der Waals surface area contributed by atoms with Crippen molar-refractivity contribution in [2.24, 2.45) is 7.05 Å². The van der Waals surface area contributed by atoms with Crippen LogP contribution in [0, 0.1) is 0 Å². The molecule has 2 aromatic rings. The summed E-state index contributed by atoms with van der Waals surface area (Å²) in [5.41, 5.74) is 2.45. The Morgan fingerprint density at radius 2 is 1.85 bits per heavy atom. The van der Waals surface area contributed by atoms with Crippen LogP contribution in [0.3, 0.4) is 0 Å². The second-order valence-corrected chi connectivity index (χ2v) is 7.25. The van der Waals surface area contributed by atoms with Gasteiger partial charge in [-0.1, -0.05) is 30.3 Å². The lowest BCUT2D eigenvalue weighted by molar-refractivity contribution is 0.122. The largest absolute Gasteiger partial charge is 0.378 e. The number of benzene rings is 1. The molecule has 0 spiro atoms. The van der Waals surface area contributed by atoms with E-state index in [-0.39, 0.29) is 5.56 Å². The van der Waals surface area contributed by atoms with Gasteiger partial charge in [0.05, 0.1) is 13.2 Å². The third kappa shape index (κ3) is 3.49. The summed E-state index contributed by atoms with van der Waals surface area (Å²) in [5, 5.41) is 0. The number of aromatic nitrogens is 1. The fraction of sp³-hybridized carbons (Fsp3) is 0.476. The van der Waals surface area contributed by atoms with E-state index < -0.39 is 0 Å². The van der Waals surface area contributed by atoms with E-state index in [1.165, 1.54) is 18.4 Å². The molecule has 1 atom stereocenters. The normalized spacial score (nSPS) is 20.6. The van der Waals surface area contributed by atoms with Crippen LogP contribution >= 0.6 is 0 Å². The van der Waals surface area contributed by atoms with Gasteiger partial charge in [-0.2, -0.15) is 0 Å². The van der Waals surface area contributed by atoms with Gasteiger partial charge in [0.25, 0.3) is 5.56 Å². The van der Waals surface area contributed by atoms with Gasteiger partial charge in [0, 0.05) is 50.5 Å². The Morgan fingerprint density at radius 1 is 1.08 bits per heavy atom. The molecule has 5 heteroatoms. The fourth-order valence-electron chi connectivity index (χ4n) is 4.12. The van der Waals surface area contributed by atoms with Gasteiger partial charge in [-0.15, -0.1) is 0 Å². The summed E-state index contributed by atoms with van der Waals surface area (Å²) in [6, 6.07) is 15.0. The maximum Gasteiger partial charge on any atom is 0.253 e. The minimum atomic E-state index is 0.0642. The number of hydrogen-bond donors (Lipinski definition) is 0. The van der Waals surface area contributed by atoms with E-state index in [4.69, 9.17) is 4.74 Å². The molecular weight excluding hydrogens is 326 g/mol. The summed E-state index contributed by atoms with van der Waals surface area (Å²) in [5.74, 6) is 1.04. The number of nitrogens with zero attached hydrogens (tertiary/aromatic N) is 3. The molecule has 0 bridgehead atoms. The van der Waals surface area contributed by atoms with Crippen molar-refractivity contribution >= 4 is 11.5 Å². The summed E-state index contributed by atoms with van der Waals surface area (Å²) in [7, 11) is 1.89. The molecule has 0 unspecified atom stereocenters. The van der Waals surface area contributed by atoms with Gasteiger partial charge in [0.1, 0.15) is 5.82 Å². The molecule has 5 nitrogen and oxygen atoms in total. The van der Waals surface area contributed by atoms with Crippen LogP contribution in [0.25, 0.3) is 0 Å². The lowest BCUT2D eigenvalue weighted by Gasteiger charge is -2.32. The van der Waals surface area contributed by atoms with Crippen molar-refractivity contribution in [3.63, 3.8) is 0 Å². The Hall–Kier alpha value is -2.27. The first-order chi connectivity index (χ1) is 12.7. The van der Waals surface area contributed by atoms with Crippen molar-refractivity contribution in [1.29, 1.82) is 0 Å². The Morgan fingerprint density at radius 3 is 2.62 bits per heavy atom. The monoisotopic (exact) mass is 353 g/mol. The zero-order chi connectivity index (χ0) is 17.9. The van der Waals surface area contributed by atoms with Gasteiger partial charge in [-0.3, -0.25) is 9.36 Å². The first-order valence-electron chi connectivity index (χ1n) is 9.57. The average Bonchev–Trinajstić information content (AvgIpc) is 3.13. The zero-order valence-electron chi connectivity index (χ0n) is 15.4. The van der Waals surface area contributed by atoms with Crippen LogP contribution in [0.1, 0.15) is 18.4 Å². The molecule has 0 radical (unpaired) electrons. The second kappa shape index (κ2) is 7.54. The minimum absolute atomic E-state index is 0.0642. The highest BCUT2D eigenvalue weighted by Crippen LogP contribution is 2.29. The number of rotatable bonds is 4. The highest BCUT2D eigenvalue weighted by Gasteiger charge is 2.27. The number of ether oxygens (including phenoxy) is 1. The van der Waals surface area contributed by atoms with Gasteiger partial charge in [0.15, 0.2) is 0 Å². The van der Waals surface area contributed by atoms with E-state index in [0.717, 1.165) is 50.8 Å². The minimum Gasteiger partial charge on any atom is -0.378 e. The van der Waals surface area contributed by atoms with Crippen molar-refractivity contribution in [1.82, 2.24) is 4.57 Å². The van der Waals surface area contributed by atoms with Crippen LogP contribution in [0.2, 0.25) is 0 Å². The number of hydrogen-bond acceptors (Lipinski definition) is 4. The van der Waals surface area contributed by atoms with E-state index in [9.17, 15) is 4.79 Å². The van der Waals surface area contributed by atoms with Gasteiger partial charge in [-0.05, 0) is 24.8 Å². The van der Waals surface area contributed by atoms with Gasteiger partial charge < -0.3 is 14.5 Å². The first-order valence-corrected chi connectivity index (χ1v) is 9.57. The van der Waals surface area contributed by atoms with Gasteiger partial charge in [-0.25, -0.2) is 0 Å². The van der Waals surface area contributed by atoms with Crippen LogP contribution < -0.4 is 15.4 Å². The third-order valence-electron chi connectivity index (χ3n) is 5.58. The van der Waals surface area contributed by atoms with Crippen molar-refractivity contribution < 1.29 is 4.74 Å². The Kier molecular flexibility index (Phi) is 4.98. The van der Waals surface area contributed by atoms with E-state index in [0.29, 0.717) is 6.04 Å². The van der Waals surface area contributed by atoms with Crippen LogP contribution in [-0.2, 0) is 18.2 Å². The molecule has 0 N–H and O–H groups in total. The molecule has 138 valence electrons. The molecule has 2 fully saturated rings. The Bertz CT molecular complexity index is 797. The smallest absolute Gasteiger partial charge is 0.253 e. The van der Waals surface area contributed by atoms with Crippen molar-refractivity contribution in [3.05, 3.63) is 58.4 Å².